The zero-order chi connectivity index (χ0) is 14.5. The van der Waals surface area contributed by atoms with E-state index in [1.54, 1.807) is 7.11 Å². The second-order valence-electron chi connectivity index (χ2n) is 5.05. The van der Waals surface area contributed by atoms with E-state index in [9.17, 15) is 5.11 Å². The van der Waals surface area contributed by atoms with E-state index in [0.717, 1.165) is 48.4 Å². The standard InChI is InChI=1S/C15H22BrNO3/c1-3-20-15-13(16)8-11(9-14(15)19-2)10-17-6-4-12(18)5-7-17/h8-9,12,18H,3-7,10H2,1-2H3. The van der Waals surface area contributed by atoms with Gasteiger partial charge in [0.1, 0.15) is 0 Å². The largest absolute Gasteiger partial charge is 0.493 e. The molecular weight excluding hydrogens is 322 g/mol. The summed E-state index contributed by atoms with van der Waals surface area (Å²) in [6.07, 6.45) is 1.58. The highest BCUT2D eigenvalue weighted by atomic mass is 79.9. The first-order valence-electron chi connectivity index (χ1n) is 7.03. The van der Waals surface area contributed by atoms with Gasteiger partial charge in [-0.05, 0) is 53.4 Å². The molecule has 0 amide bonds. The first kappa shape index (κ1) is 15.6. The van der Waals surface area contributed by atoms with Crippen molar-refractivity contribution in [2.24, 2.45) is 0 Å². The van der Waals surface area contributed by atoms with Crippen LogP contribution in [0.2, 0.25) is 0 Å². The van der Waals surface area contributed by atoms with Crippen molar-refractivity contribution >= 4 is 15.9 Å². The van der Waals surface area contributed by atoms with Gasteiger partial charge in [-0.1, -0.05) is 0 Å². The molecule has 1 fully saturated rings. The summed E-state index contributed by atoms with van der Waals surface area (Å²) in [6.45, 7) is 5.31. The van der Waals surface area contributed by atoms with Crippen molar-refractivity contribution in [1.82, 2.24) is 4.90 Å². The molecule has 112 valence electrons. The number of aliphatic hydroxyl groups is 1. The second-order valence-corrected chi connectivity index (χ2v) is 5.90. The number of aliphatic hydroxyl groups excluding tert-OH is 1. The van der Waals surface area contributed by atoms with Crippen LogP contribution in [0.5, 0.6) is 11.5 Å². The molecule has 1 aromatic rings. The van der Waals surface area contributed by atoms with Crippen LogP contribution in [-0.4, -0.2) is 42.9 Å². The highest BCUT2D eigenvalue weighted by Crippen LogP contribution is 2.37. The Hall–Kier alpha value is -0.780. The third-order valence-corrected chi connectivity index (χ3v) is 4.13. The molecule has 0 unspecified atom stereocenters. The molecule has 1 N–H and O–H groups in total. The molecule has 2 rings (SSSR count). The van der Waals surface area contributed by atoms with E-state index in [0.29, 0.717) is 6.61 Å². The Bertz CT molecular complexity index is 445. The maximum atomic E-state index is 9.54. The molecule has 0 aromatic heterocycles. The SMILES string of the molecule is CCOc1c(Br)cc(CN2CCC(O)CC2)cc1OC. The van der Waals surface area contributed by atoms with E-state index >= 15 is 0 Å². The fourth-order valence-electron chi connectivity index (χ4n) is 2.48. The third-order valence-electron chi connectivity index (χ3n) is 3.54. The van der Waals surface area contributed by atoms with Crippen LogP contribution in [0.1, 0.15) is 25.3 Å². The Labute approximate surface area is 128 Å². The molecule has 0 spiro atoms. The van der Waals surface area contributed by atoms with Gasteiger partial charge in [0.15, 0.2) is 11.5 Å². The Balaban J connectivity index is 2.10. The van der Waals surface area contributed by atoms with E-state index in [-0.39, 0.29) is 6.10 Å². The lowest BCUT2D eigenvalue weighted by Crippen LogP contribution is -2.35. The number of hydrogen-bond donors (Lipinski definition) is 1. The van der Waals surface area contributed by atoms with Crippen LogP contribution >= 0.6 is 15.9 Å². The van der Waals surface area contributed by atoms with Crippen LogP contribution in [0.3, 0.4) is 0 Å². The number of halogens is 1. The van der Waals surface area contributed by atoms with Gasteiger partial charge in [0, 0.05) is 19.6 Å². The number of piperidine rings is 1. The van der Waals surface area contributed by atoms with E-state index in [1.807, 2.05) is 13.0 Å². The number of likely N-dealkylation sites (tertiary alicyclic amines) is 1. The lowest BCUT2D eigenvalue weighted by atomic mass is 10.1. The van der Waals surface area contributed by atoms with Crippen molar-refractivity contribution in [2.45, 2.75) is 32.4 Å². The first-order valence-corrected chi connectivity index (χ1v) is 7.83. The van der Waals surface area contributed by atoms with Gasteiger partial charge in [-0.3, -0.25) is 4.90 Å². The van der Waals surface area contributed by atoms with Gasteiger partial charge in [-0.15, -0.1) is 0 Å². The van der Waals surface area contributed by atoms with Gasteiger partial charge in [0.05, 0.1) is 24.3 Å². The molecule has 1 saturated heterocycles. The van der Waals surface area contributed by atoms with Gasteiger partial charge in [-0.2, -0.15) is 0 Å². The summed E-state index contributed by atoms with van der Waals surface area (Å²) in [5, 5.41) is 9.54. The molecule has 1 aliphatic heterocycles. The average molecular weight is 344 g/mol. The third kappa shape index (κ3) is 3.87. The number of ether oxygens (including phenoxy) is 2. The van der Waals surface area contributed by atoms with Crippen molar-refractivity contribution in [3.05, 3.63) is 22.2 Å². The van der Waals surface area contributed by atoms with E-state index < -0.39 is 0 Å². The summed E-state index contributed by atoms with van der Waals surface area (Å²) in [5.74, 6) is 1.51. The number of nitrogens with zero attached hydrogens (tertiary/aromatic N) is 1. The fraction of sp³-hybridized carbons (Fsp3) is 0.600. The van der Waals surface area contributed by atoms with Crippen LogP contribution < -0.4 is 9.47 Å². The lowest BCUT2D eigenvalue weighted by Gasteiger charge is -2.29. The number of benzene rings is 1. The van der Waals surface area contributed by atoms with Crippen molar-refractivity contribution < 1.29 is 14.6 Å². The molecule has 0 aliphatic carbocycles. The summed E-state index contributed by atoms with van der Waals surface area (Å²) in [6, 6.07) is 4.11. The minimum Gasteiger partial charge on any atom is -0.493 e. The normalized spacial score (nSPS) is 17.2. The van der Waals surface area contributed by atoms with Crippen molar-refractivity contribution in [3.8, 4) is 11.5 Å². The molecular formula is C15H22BrNO3. The van der Waals surface area contributed by atoms with Crippen LogP contribution in [0.25, 0.3) is 0 Å². The van der Waals surface area contributed by atoms with Crippen molar-refractivity contribution in [2.75, 3.05) is 26.8 Å². The topological polar surface area (TPSA) is 41.9 Å². The minimum atomic E-state index is -0.132. The molecule has 0 bridgehead atoms. The smallest absolute Gasteiger partial charge is 0.175 e. The monoisotopic (exact) mass is 343 g/mol. The van der Waals surface area contributed by atoms with Crippen LogP contribution in [0.4, 0.5) is 0 Å². The maximum Gasteiger partial charge on any atom is 0.175 e. The van der Waals surface area contributed by atoms with Gasteiger partial charge in [0.2, 0.25) is 0 Å². The summed E-state index contributed by atoms with van der Waals surface area (Å²) in [4.78, 5) is 2.36. The van der Waals surface area contributed by atoms with E-state index in [2.05, 4.69) is 26.9 Å². The Morgan fingerprint density at radius 1 is 1.35 bits per heavy atom. The van der Waals surface area contributed by atoms with Crippen LogP contribution in [0, 0.1) is 0 Å². The lowest BCUT2D eigenvalue weighted by molar-refractivity contribution is 0.0792. The highest BCUT2D eigenvalue weighted by molar-refractivity contribution is 9.10. The average Bonchev–Trinajstić information content (AvgIpc) is 2.44. The predicted molar refractivity (Wildman–Crippen MR) is 82.4 cm³/mol. The molecule has 1 aromatic carbocycles. The summed E-state index contributed by atoms with van der Waals surface area (Å²) < 4.78 is 11.9. The first-order chi connectivity index (χ1) is 9.63. The summed E-state index contributed by atoms with van der Waals surface area (Å²) in [7, 11) is 1.66. The Morgan fingerprint density at radius 3 is 2.65 bits per heavy atom. The molecule has 0 atom stereocenters. The number of rotatable bonds is 5. The van der Waals surface area contributed by atoms with Crippen molar-refractivity contribution in [3.63, 3.8) is 0 Å². The molecule has 4 nitrogen and oxygen atoms in total. The van der Waals surface area contributed by atoms with Crippen LogP contribution in [-0.2, 0) is 6.54 Å². The van der Waals surface area contributed by atoms with Gasteiger partial charge >= 0.3 is 0 Å². The van der Waals surface area contributed by atoms with Crippen molar-refractivity contribution in [1.29, 1.82) is 0 Å². The van der Waals surface area contributed by atoms with Gasteiger partial charge < -0.3 is 14.6 Å². The predicted octanol–water partition coefficient (Wildman–Crippen LogP) is 2.81. The fourth-order valence-corrected chi connectivity index (χ4v) is 3.09. The zero-order valence-electron chi connectivity index (χ0n) is 12.1. The summed E-state index contributed by atoms with van der Waals surface area (Å²) >= 11 is 3.55. The number of hydrogen-bond acceptors (Lipinski definition) is 4. The van der Waals surface area contributed by atoms with E-state index in [1.165, 1.54) is 5.56 Å². The molecule has 0 saturated carbocycles. The van der Waals surface area contributed by atoms with E-state index in [4.69, 9.17) is 9.47 Å². The zero-order valence-corrected chi connectivity index (χ0v) is 13.6. The Morgan fingerprint density at radius 2 is 2.05 bits per heavy atom. The van der Waals surface area contributed by atoms with Crippen LogP contribution in [0.15, 0.2) is 16.6 Å². The molecule has 0 radical (unpaired) electrons. The Kier molecular flexibility index (Phi) is 5.69. The second kappa shape index (κ2) is 7.29. The van der Waals surface area contributed by atoms with Gasteiger partial charge in [-0.25, -0.2) is 0 Å². The minimum absolute atomic E-state index is 0.132. The number of methoxy groups -OCH3 is 1. The maximum absolute atomic E-state index is 9.54. The highest BCUT2D eigenvalue weighted by Gasteiger charge is 2.18. The summed E-state index contributed by atoms with van der Waals surface area (Å²) in [5.41, 5.74) is 1.19. The molecule has 20 heavy (non-hydrogen) atoms. The molecule has 5 heteroatoms. The van der Waals surface area contributed by atoms with Gasteiger partial charge in [0.25, 0.3) is 0 Å². The molecule has 1 aliphatic rings. The molecule has 1 heterocycles. The quantitative estimate of drug-likeness (QED) is 0.892.